The second kappa shape index (κ2) is 9.19. The van der Waals surface area contributed by atoms with Crippen molar-refractivity contribution in [3.05, 3.63) is 106 Å². The van der Waals surface area contributed by atoms with Gasteiger partial charge in [-0.2, -0.15) is 0 Å². The molecule has 1 aromatic heterocycles. The highest BCUT2D eigenvalue weighted by atomic mass is 16.4. The van der Waals surface area contributed by atoms with Crippen molar-refractivity contribution in [3.63, 3.8) is 0 Å². The number of carboxylic acid groups (broad SMARTS) is 1. The van der Waals surface area contributed by atoms with Gasteiger partial charge in [0.15, 0.2) is 0 Å². The molecular formula is C27H27N2O2-. The molecule has 158 valence electrons. The number of carbonyl (C=O) groups excluding carboxylic acids is 1. The summed E-state index contributed by atoms with van der Waals surface area (Å²) in [5.41, 5.74) is 6.59. The Hall–Kier alpha value is -3.37. The predicted octanol–water partition coefficient (Wildman–Crippen LogP) is 4.00. The van der Waals surface area contributed by atoms with Crippen LogP contribution in [0.15, 0.2) is 72.8 Å². The number of rotatable bonds is 8. The van der Waals surface area contributed by atoms with Gasteiger partial charge in [-0.3, -0.25) is 0 Å². The van der Waals surface area contributed by atoms with Gasteiger partial charge in [-0.15, -0.1) is 0 Å². The first kappa shape index (κ1) is 20.9. The molecule has 4 nitrogen and oxygen atoms in total. The summed E-state index contributed by atoms with van der Waals surface area (Å²) in [4.78, 5) is 12.3. The van der Waals surface area contributed by atoms with Crippen molar-refractivity contribution in [1.29, 1.82) is 0 Å². The zero-order chi connectivity index (χ0) is 21.8. The van der Waals surface area contributed by atoms with Gasteiger partial charge < -0.3 is 19.8 Å². The van der Waals surface area contributed by atoms with Crippen molar-refractivity contribution in [3.8, 4) is 0 Å². The molecule has 4 aromatic rings. The largest absolute Gasteiger partial charge is 0.543 e. The minimum Gasteiger partial charge on any atom is -0.543 e. The summed E-state index contributed by atoms with van der Waals surface area (Å²) in [7, 11) is 0. The normalized spacial score (nSPS) is 11.2. The summed E-state index contributed by atoms with van der Waals surface area (Å²) < 4.78 is 1.90. The number of nitrogens with zero attached hydrogens (tertiary/aromatic N) is 1. The first-order valence-corrected chi connectivity index (χ1v) is 10.7. The fourth-order valence-corrected chi connectivity index (χ4v) is 4.16. The van der Waals surface area contributed by atoms with Gasteiger partial charge in [0, 0.05) is 29.6 Å². The van der Waals surface area contributed by atoms with E-state index in [2.05, 4.69) is 36.5 Å². The van der Waals surface area contributed by atoms with Crippen LogP contribution in [0, 0.1) is 13.8 Å². The van der Waals surface area contributed by atoms with Crippen LogP contribution in [0.3, 0.4) is 0 Å². The smallest absolute Gasteiger partial charge is 0.0884 e. The zero-order valence-corrected chi connectivity index (χ0v) is 18.0. The number of hydrogen-bond acceptors (Lipinski definition) is 3. The van der Waals surface area contributed by atoms with Crippen LogP contribution >= 0.6 is 0 Å². The van der Waals surface area contributed by atoms with Crippen LogP contribution in [0.4, 0.5) is 0 Å². The van der Waals surface area contributed by atoms with Gasteiger partial charge in [-0.05, 0) is 55.1 Å². The minimum absolute atomic E-state index is 0.260. The number of aromatic carboxylic acids is 1. The highest BCUT2D eigenvalue weighted by Crippen LogP contribution is 2.28. The van der Waals surface area contributed by atoms with Gasteiger partial charge in [0.25, 0.3) is 0 Å². The molecule has 0 radical (unpaired) electrons. The van der Waals surface area contributed by atoms with Crippen molar-refractivity contribution in [1.82, 2.24) is 9.88 Å². The lowest BCUT2D eigenvalue weighted by Crippen LogP contribution is -2.28. The van der Waals surface area contributed by atoms with Gasteiger partial charge in [-0.1, -0.05) is 66.7 Å². The molecule has 1 heterocycles. The lowest BCUT2D eigenvalue weighted by atomic mass is 10.1. The molecule has 0 aliphatic carbocycles. The Balaban J connectivity index is 1.68. The van der Waals surface area contributed by atoms with E-state index in [0.717, 1.165) is 46.1 Å². The lowest BCUT2D eigenvalue weighted by Gasteiger charge is -2.15. The maximum Gasteiger partial charge on any atom is 0.0884 e. The van der Waals surface area contributed by atoms with Crippen molar-refractivity contribution in [2.45, 2.75) is 33.4 Å². The van der Waals surface area contributed by atoms with E-state index < -0.39 is 5.97 Å². The maximum absolute atomic E-state index is 12.3. The number of benzene rings is 3. The molecule has 0 bridgehead atoms. The monoisotopic (exact) mass is 411 g/mol. The average Bonchev–Trinajstić information content (AvgIpc) is 3.06. The molecule has 3 aromatic carbocycles. The summed E-state index contributed by atoms with van der Waals surface area (Å²) in [6, 6.07) is 24.5. The lowest BCUT2D eigenvalue weighted by molar-refractivity contribution is -0.255. The molecule has 0 atom stereocenters. The molecule has 0 unspecified atom stereocenters. The third-order valence-corrected chi connectivity index (χ3v) is 5.84. The number of hydrogen-bond donors (Lipinski definition) is 1. The quantitative estimate of drug-likeness (QED) is 0.446. The first-order valence-electron chi connectivity index (χ1n) is 10.7. The van der Waals surface area contributed by atoms with E-state index in [-0.39, 0.29) is 5.69 Å². The van der Waals surface area contributed by atoms with E-state index in [4.69, 9.17) is 0 Å². The summed E-state index contributed by atoms with van der Waals surface area (Å²) in [5, 5.41) is 16.7. The van der Waals surface area contributed by atoms with E-state index in [0.29, 0.717) is 13.1 Å². The van der Waals surface area contributed by atoms with E-state index in [1.807, 2.05) is 60.0 Å². The number of aromatic nitrogens is 1. The molecule has 0 aliphatic heterocycles. The Kier molecular flexibility index (Phi) is 6.19. The van der Waals surface area contributed by atoms with Crippen molar-refractivity contribution in [2.24, 2.45) is 0 Å². The average molecular weight is 412 g/mol. The second-order valence-corrected chi connectivity index (χ2v) is 8.06. The van der Waals surface area contributed by atoms with Gasteiger partial charge in [0.05, 0.1) is 11.7 Å². The Morgan fingerprint density at radius 2 is 1.71 bits per heavy atom. The summed E-state index contributed by atoms with van der Waals surface area (Å²) in [6.45, 7) is 5.83. The third-order valence-electron chi connectivity index (χ3n) is 5.84. The van der Waals surface area contributed by atoms with E-state index in [9.17, 15) is 9.90 Å². The van der Waals surface area contributed by atoms with Gasteiger partial charge in [-0.25, -0.2) is 0 Å². The fraction of sp³-hybridized carbons (Fsp3) is 0.222. The second-order valence-electron chi connectivity index (χ2n) is 8.06. The molecule has 0 amide bonds. The van der Waals surface area contributed by atoms with Gasteiger partial charge in [0.1, 0.15) is 0 Å². The molecule has 0 saturated heterocycles. The Bertz CT molecular complexity index is 1210. The van der Waals surface area contributed by atoms with Crippen molar-refractivity contribution in [2.75, 3.05) is 6.54 Å². The fourth-order valence-electron chi connectivity index (χ4n) is 4.16. The molecular weight excluding hydrogens is 384 g/mol. The van der Waals surface area contributed by atoms with Crippen molar-refractivity contribution >= 4 is 16.9 Å². The number of carbonyl (C=O) groups is 1. The molecule has 0 aliphatic rings. The number of fused-ring (bicyclic) bond motifs is 1. The number of carboxylic acids is 1. The Morgan fingerprint density at radius 3 is 2.45 bits per heavy atom. The molecule has 0 spiro atoms. The van der Waals surface area contributed by atoms with Crippen LogP contribution in [0.2, 0.25) is 0 Å². The van der Waals surface area contributed by atoms with Crippen molar-refractivity contribution < 1.29 is 9.90 Å². The van der Waals surface area contributed by atoms with Gasteiger partial charge >= 0.3 is 0 Å². The zero-order valence-electron chi connectivity index (χ0n) is 18.0. The molecule has 4 heteroatoms. The van der Waals surface area contributed by atoms with Crippen LogP contribution < -0.4 is 10.4 Å². The van der Waals surface area contributed by atoms with Crippen LogP contribution in [0.25, 0.3) is 10.9 Å². The minimum atomic E-state index is -1.14. The standard InChI is InChI=1S/C27H28N2O2/c1-19-12-13-23-24(17-28-15-14-21-9-4-3-5-10-21)26(27(30)31)29(25(23)16-19)18-22-11-7-6-8-20(22)2/h3-13,16,28H,14-15,17-18H2,1-2H3,(H,30,31)/p-1. The molecule has 1 N–H and O–H groups in total. The Morgan fingerprint density at radius 1 is 0.968 bits per heavy atom. The summed E-state index contributed by atoms with van der Waals surface area (Å²) >= 11 is 0. The van der Waals surface area contributed by atoms with Crippen LogP contribution in [0.5, 0.6) is 0 Å². The first-order chi connectivity index (χ1) is 15.0. The Labute approximate surface area is 183 Å². The van der Waals surface area contributed by atoms with E-state index in [1.54, 1.807) is 0 Å². The number of nitrogens with one attached hydrogen (secondary N) is 1. The third kappa shape index (κ3) is 4.54. The maximum atomic E-state index is 12.3. The van der Waals surface area contributed by atoms with Gasteiger partial charge in [0.2, 0.25) is 0 Å². The molecule has 31 heavy (non-hydrogen) atoms. The SMILES string of the molecule is Cc1ccc2c(CNCCc3ccccc3)c(C(=O)[O-])n(Cc3ccccc3C)c2c1. The summed E-state index contributed by atoms with van der Waals surface area (Å²) in [5.74, 6) is -1.14. The molecule has 0 saturated carbocycles. The van der Waals surface area contributed by atoms with Crippen LogP contribution in [-0.2, 0) is 19.5 Å². The summed E-state index contributed by atoms with van der Waals surface area (Å²) in [6.07, 6.45) is 0.891. The van der Waals surface area contributed by atoms with Crippen LogP contribution in [-0.4, -0.2) is 17.1 Å². The number of aryl methyl sites for hydroxylation is 2. The molecule has 0 fully saturated rings. The van der Waals surface area contributed by atoms with E-state index in [1.165, 1.54) is 5.56 Å². The van der Waals surface area contributed by atoms with E-state index >= 15 is 0 Å². The molecule has 4 rings (SSSR count). The van der Waals surface area contributed by atoms with Crippen LogP contribution in [0.1, 0.15) is 38.3 Å². The highest BCUT2D eigenvalue weighted by molar-refractivity contribution is 5.97. The highest BCUT2D eigenvalue weighted by Gasteiger charge is 2.18. The topological polar surface area (TPSA) is 57.1 Å². The predicted molar refractivity (Wildman–Crippen MR) is 123 cm³/mol.